The van der Waals surface area contributed by atoms with Crippen molar-refractivity contribution in [2.75, 3.05) is 7.05 Å². The van der Waals surface area contributed by atoms with Crippen LogP contribution in [0, 0.1) is 0 Å². The van der Waals surface area contributed by atoms with Crippen molar-refractivity contribution in [3.8, 4) is 0 Å². The lowest BCUT2D eigenvalue weighted by molar-refractivity contribution is -0.138. The van der Waals surface area contributed by atoms with Crippen molar-refractivity contribution in [1.82, 2.24) is 5.32 Å². The van der Waals surface area contributed by atoms with E-state index in [1.807, 2.05) is 0 Å². The maximum Gasteiger partial charge on any atom is 0.416 e. The van der Waals surface area contributed by atoms with Crippen LogP contribution >= 0.6 is 0 Å². The Morgan fingerprint density at radius 3 is 2.59 bits per heavy atom. The van der Waals surface area contributed by atoms with Gasteiger partial charge >= 0.3 is 6.18 Å². The first-order chi connectivity index (χ1) is 7.99. The van der Waals surface area contributed by atoms with Gasteiger partial charge in [-0.3, -0.25) is 4.99 Å². The van der Waals surface area contributed by atoms with Crippen LogP contribution in [0.1, 0.15) is 11.1 Å². The minimum Gasteiger partial charge on any atom is -0.366 e. The van der Waals surface area contributed by atoms with Gasteiger partial charge in [-0.2, -0.15) is 13.2 Å². The molecule has 0 saturated carbocycles. The number of halogens is 3. The Hall–Kier alpha value is -1.78. The van der Waals surface area contributed by atoms with Crippen LogP contribution in [0.5, 0.6) is 0 Å². The summed E-state index contributed by atoms with van der Waals surface area (Å²) >= 11 is 0. The lowest BCUT2D eigenvalue weighted by Gasteiger charge is -2.13. The van der Waals surface area contributed by atoms with Crippen LogP contribution in [0.2, 0.25) is 0 Å². The standard InChI is InChI=1S/C12H13F3N2/c1-3-11(16-2)17-8-9-6-4-5-7-10(9)12(13,14)15/h3-7H,1,8H2,2H3,(H,16,17). The predicted octanol–water partition coefficient (Wildman–Crippen LogP) is 3.01. The summed E-state index contributed by atoms with van der Waals surface area (Å²) in [6.07, 6.45) is -2.88. The average Bonchev–Trinajstić information content (AvgIpc) is 2.29. The van der Waals surface area contributed by atoms with Crippen molar-refractivity contribution >= 4 is 5.84 Å². The van der Waals surface area contributed by atoms with Gasteiger partial charge in [-0.1, -0.05) is 24.8 Å². The summed E-state index contributed by atoms with van der Waals surface area (Å²) in [4.78, 5) is 3.82. The Bertz CT molecular complexity index is 422. The Morgan fingerprint density at radius 2 is 2.06 bits per heavy atom. The summed E-state index contributed by atoms with van der Waals surface area (Å²) in [6, 6.07) is 5.44. The number of rotatable bonds is 3. The van der Waals surface area contributed by atoms with E-state index in [0.29, 0.717) is 5.84 Å². The van der Waals surface area contributed by atoms with Gasteiger partial charge < -0.3 is 5.32 Å². The molecule has 0 spiro atoms. The summed E-state index contributed by atoms with van der Waals surface area (Å²) in [5, 5.41) is 2.78. The van der Waals surface area contributed by atoms with Crippen LogP contribution in [0.3, 0.4) is 0 Å². The number of nitrogens with one attached hydrogen (secondary N) is 1. The van der Waals surface area contributed by atoms with Crippen LogP contribution in [0.4, 0.5) is 13.2 Å². The summed E-state index contributed by atoms with van der Waals surface area (Å²) in [5.74, 6) is 0.460. The zero-order valence-corrected chi connectivity index (χ0v) is 9.38. The molecule has 0 atom stereocenters. The van der Waals surface area contributed by atoms with Crippen LogP contribution < -0.4 is 5.32 Å². The predicted molar refractivity (Wildman–Crippen MR) is 61.8 cm³/mol. The molecule has 0 heterocycles. The minimum atomic E-state index is -4.34. The third kappa shape index (κ3) is 3.62. The normalized spacial score (nSPS) is 12.4. The van der Waals surface area contributed by atoms with E-state index in [9.17, 15) is 13.2 Å². The smallest absolute Gasteiger partial charge is 0.366 e. The van der Waals surface area contributed by atoms with Crippen LogP contribution in [-0.4, -0.2) is 12.9 Å². The molecule has 0 fully saturated rings. The Morgan fingerprint density at radius 1 is 1.41 bits per heavy atom. The van der Waals surface area contributed by atoms with E-state index in [1.54, 1.807) is 13.1 Å². The van der Waals surface area contributed by atoms with Crippen LogP contribution in [0.25, 0.3) is 0 Å². The summed E-state index contributed by atoms with van der Waals surface area (Å²) in [7, 11) is 1.54. The number of amidine groups is 1. The SMILES string of the molecule is C=CC(=NC)NCc1ccccc1C(F)(F)F. The first-order valence-electron chi connectivity index (χ1n) is 4.97. The zero-order valence-electron chi connectivity index (χ0n) is 9.38. The van der Waals surface area contributed by atoms with E-state index in [4.69, 9.17) is 0 Å². The highest BCUT2D eigenvalue weighted by molar-refractivity contribution is 5.92. The second-order valence-corrected chi connectivity index (χ2v) is 3.32. The van der Waals surface area contributed by atoms with E-state index in [0.717, 1.165) is 6.07 Å². The Balaban J connectivity index is 2.88. The van der Waals surface area contributed by atoms with Crippen molar-refractivity contribution in [3.05, 3.63) is 48.0 Å². The van der Waals surface area contributed by atoms with Gasteiger partial charge in [0.1, 0.15) is 5.84 Å². The fraction of sp³-hybridized carbons (Fsp3) is 0.250. The Labute approximate surface area is 97.9 Å². The fourth-order valence-corrected chi connectivity index (χ4v) is 1.38. The third-order valence-corrected chi connectivity index (χ3v) is 2.22. The maximum absolute atomic E-state index is 12.7. The number of hydrogen-bond acceptors (Lipinski definition) is 1. The van der Waals surface area contributed by atoms with Gasteiger partial charge in [-0.25, -0.2) is 0 Å². The summed E-state index contributed by atoms with van der Waals surface area (Å²) in [5.41, 5.74) is -0.449. The topological polar surface area (TPSA) is 24.4 Å². The van der Waals surface area contributed by atoms with Crippen molar-refractivity contribution in [2.24, 2.45) is 4.99 Å². The molecule has 0 saturated heterocycles. The van der Waals surface area contributed by atoms with Gasteiger partial charge in [0.05, 0.1) is 5.56 Å². The van der Waals surface area contributed by atoms with E-state index < -0.39 is 11.7 Å². The van der Waals surface area contributed by atoms with E-state index in [1.165, 1.54) is 18.2 Å². The molecular formula is C12H13F3N2. The highest BCUT2D eigenvalue weighted by Gasteiger charge is 2.32. The van der Waals surface area contributed by atoms with Gasteiger partial charge in [0.25, 0.3) is 0 Å². The maximum atomic E-state index is 12.7. The molecule has 1 aromatic carbocycles. The van der Waals surface area contributed by atoms with Gasteiger partial charge in [-0.05, 0) is 17.7 Å². The number of hydrogen-bond donors (Lipinski definition) is 1. The highest BCUT2D eigenvalue weighted by atomic mass is 19.4. The van der Waals surface area contributed by atoms with Gasteiger partial charge in [0, 0.05) is 13.6 Å². The molecule has 0 unspecified atom stereocenters. The Kier molecular flexibility index (Phi) is 4.31. The number of aliphatic imine (C=N–C) groups is 1. The molecule has 1 N–H and O–H groups in total. The lowest BCUT2D eigenvalue weighted by Crippen LogP contribution is -2.22. The number of nitrogens with zero attached hydrogens (tertiary/aromatic N) is 1. The van der Waals surface area contributed by atoms with Gasteiger partial charge in [0.2, 0.25) is 0 Å². The van der Waals surface area contributed by atoms with Crippen molar-refractivity contribution < 1.29 is 13.2 Å². The van der Waals surface area contributed by atoms with E-state index in [2.05, 4.69) is 16.9 Å². The first-order valence-corrected chi connectivity index (χ1v) is 4.97. The van der Waals surface area contributed by atoms with Gasteiger partial charge in [-0.15, -0.1) is 0 Å². The molecular weight excluding hydrogens is 229 g/mol. The number of alkyl halides is 3. The molecule has 0 amide bonds. The molecule has 0 aromatic heterocycles. The quantitative estimate of drug-likeness (QED) is 0.639. The average molecular weight is 242 g/mol. The molecule has 1 aromatic rings. The molecule has 0 aliphatic carbocycles. The molecule has 0 radical (unpaired) electrons. The number of benzene rings is 1. The minimum absolute atomic E-state index is 0.0639. The molecule has 2 nitrogen and oxygen atoms in total. The highest BCUT2D eigenvalue weighted by Crippen LogP contribution is 2.31. The molecule has 1 rings (SSSR count). The van der Waals surface area contributed by atoms with E-state index >= 15 is 0 Å². The van der Waals surface area contributed by atoms with E-state index in [-0.39, 0.29) is 12.1 Å². The molecule has 0 aliphatic heterocycles. The fourth-order valence-electron chi connectivity index (χ4n) is 1.38. The summed E-state index contributed by atoms with van der Waals surface area (Å²) < 4.78 is 38.0. The molecule has 17 heavy (non-hydrogen) atoms. The van der Waals surface area contributed by atoms with Crippen molar-refractivity contribution in [3.63, 3.8) is 0 Å². The second kappa shape index (κ2) is 5.52. The van der Waals surface area contributed by atoms with Gasteiger partial charge in [0.15, 0.2) is 0 Å². The molecule has 0 aliphatic rings. The lowest BCUT2D eigenvalue weighted by atomic mass is 10.1. The second-order valence-electron chi connectivity index (χ2n) is 3.32. The molecule has 0 bridgehead atoms. The first kappa shape index (κ1) is 13.3. The third-order valence-electron chi connectivity index (χ3n) is 2.22. The largest absolute Gasteiger partial charge is 0.416 e. The molecule has 5 heteroatoms. The molecule has 92 valence electrons. The van der Waals surface area contributed by atoms with Crippen LogP contribution in [-0.2, 0) is 12.7 Å². The van der Waals surface area contributed by atoms with Crippen molar-refractivity contribution in [2.45, 2.75) is 12.7 Å². The van der Waals surface area contributed by atoms with Crippen molar-refractivity contribution in [1.29, 1.82) is 0 Å². The summed E-state index contributed by atoms with van der Waals surface area (Å²) in [6.45, 7) is 3.56. The zero-order chi connectivity index (χ0) is 12.9. The van der Waals surface area contributed by atoms with Crippen LogP contribution in [0.15, 0.2) is 41.9 Å². The monoisotopic (exact) mass is 242 g/mol.